The van der Waals surface area contributed by atoms with Crippen LogP contribution in [-0.4, -0.2) is 17.0 Å². The standard InChI is InChI=1S/C16H24N2O2.ClH/c1-11-5-6-12(13(9-11)20-15(2,3)4)10-18-14(19)16(17)7-8-16;/h5-6,9H,7-8,10,17H2,1-4H3,(H,18,19);1H. The molecule has 3 N–H and O–H groups in total. The molecule has 4 nitrogen and oxygen atoms in total. The molecule has 0 aromatic heterocycles. The summed E-state index contributed by atoms with van der Waals surface area (Å²) in [5.41, 5.74) is 7.09. The first-order valence-electron chi connectivity index (χ1n) is 7.05. The normalized spacial score (nSPS) is 15.9. The average Bonchev–Trinajstić information content (AvgIpc) is 3.05. The Bertz CT molecular complexity index is 519. The van der Waals surface area contributed by atoms with Crippen molar-refractivity contribution in [3.05, 3.63) is 29.3 Å². The Kier molecular flexibility index (Phi) is 5.29. The van der Waals surface area contributed by atoms with Crippen LogP contribution in [0.4, 0.5) is 0 Å². The lowest BCUT2D eigenvalue weighted by atomic mass is 10.1. The molecule has 2 rings (SSSR count). The van der Waals surface area contributed by atoms with Crippen molar-refractivity contribution in [3.63, 3.8) is 0 Å². The number of benzene rings is 1. The number of carbonyl (C=O) groups is 1. The summed E-state index contributed by atoms with van der Waals surface area (Å²) in [6.45, 7) is 8.50. The minimum atomic E-state index is -0.629. The Balaban J connectivity index is 0.00000220. The molecule has 21 heavy (non-hydrogen) atoms. The van der Waals surface area contributed by atoms with Crippen LogP contribution in [-0.2, 0) is 11.3 Å². The van der Waals surface area contributed by atoms with Gasteiger partial charge in [-0.3, -0.25) is 4.79 Å². The molecule has 0 atom stereocenters. The van der Waals surface area contributed by atoms with Crippen molar-refractivity contribution in [1.29, 1.82) is 0 Å². The van der Waals surface area contributed by atoms with E-state index in [1.807, 2.05) is 45.9 Å². The molecule has 1 amide bonds. The molecule has 1 fully saturated rings. The van der Waals surface area contributed by atoms with Crippen molar-refractivity contribution >= 4 is 18.3 Å². The smallest absolute Gasteiger partial charge is 0.240 e. The monoisotopic (exact) mass is 312 g/mol. The number of rotatable bonds is 4. The summed E-state index contributed by atoms with van der Waals surface area (Å²) in [5, 5.41) is 2.90. The van der Waals surface area contributed by atoms with Crippen molar-refractivity contribution in [2.45, 2.75) is 58.2 Å². The van der Waals surface area contributed by atoms with E-state index in [0.29, 0.717) is 6.54 Å². The maximum atomic E-state index is 11.9. The number of nitrogens with one attached hydrogen (secondary N) is 1. The van der Waals surface area contributed by atoms with Crippen molar-refractivity contribution in [2.75, 3.05) is 0 Å². The molecule has 5 heteroatoms. The van der Waals surface area contributed by atoms with Crippen molar-refractivity contribution in [3.8, 4) is 5.75 Å². The summed E-state index contributed by atoms with van der Waals surface area (Å²) < 4.78 is 5.96. The molecule has 1 saturated carbocycles. The van der Waals surface area contributed by atoms with E-state index in [9.17, 15) is 4.79 Å². The summed E-state index contributed by atoms with van der Waals surface area (Å²) in [5.74, 6) is 0.749. The highest BCUT2D eigenvalue weighted by atomic mass is 35.5. The highest BCUT2D eigenvalue weighted by Gasteiger charge is 2.45. The molecule has 0 aliphatic heterocycles. The van der Waals surface area contributed by atoms with Gasteiger partial charge < -0.3 is 15.8 Å². The fraction of sp³-hybridized carbons (Fsp3) is 0.562. The molecule has 1 aliphatic carbocycles. The number of carbonyl (C=O) groups excluding carboxylic acids is 1. The van der Waals surface area contributed by atoms with Gasteiger partial charge in [-0.25, -0.2) is 0 Å². The molecule has 0 unspecified atom stereocenters. The van der Waals surface area contributed by atoms with Crippen molar-refractivity contribution in [2.24, 2.45) is 5.73 Å². The zero-order valence-corrected chi connectivity index (χ0v) is 14.0. The molecular formula is C16H25ClN2O2. The van der Waals surface area contributed by atoms with E-state index < -0.39 is 5.54 Å². The van der Waals surface area contributed by atoms with Crippen LogP contribution in [0, 0.1) is 6.92 Å². The minimum absolute atomic E-state index is 0. The fourth-order valence-electron chi connectivity index (χ4n) is 1.95. The summed E-state index contributed by atoms with van der Waals surface area (Å²) in [4.78, 5) is 11.9. The van der Waals surface area contributed by atoms with Gasteiger partial charge in [0.05, 0.1) is 5.54 Å². The number of ether oxygens (including phenoxy) is 1. The predicted octanol–water partition coefficient (Wildman–Crippen LogP) is 2.70. The van der Waals surface area contributed by atoms with Gasteiger partial charge in [0.15, 0.2) is 0 Å². The van der Waals surface area contributed by atoms with Gasteiger partial charge in [-0.1, -0.05) is 12.1 Å². The lowest BCUT2D eigenvalue weighted by molar-refractivity contribution is -0.123. The Labute approximate surface area is 132 Å². The van der Waals surface area contributed by atoms with E-state index in [2.05, 4.69) is 5.32 Å². The Morgan fingerprint density at radius 3 is 2.52 bits per heavy atom. The van der Waals surface area contributed by atoms with Crippen LogP contribution in [0.5, 0.6) is 5.75 Å². The largest absolute Gasteiger partial charge is 0.488 e. The molecule has 0 spiro atoms. The SMILES string of the molecule is Cc1ccc(CNC(=O)C2(N)CC2)c(OC(C)(C)C)c1.Cl. The fourth-order valence-corrected chi connectivity index (χ4v) is 1.95. The van der Waals surface area contributed by atoms with E-state index in [-0.39, 0.29) is 23.9 Å². The number of nitrogens with two attached hydrogens (primary N) is 1. The van der Waals surface area contributed by atoms with Crippen LogP contribution in [0.25, 0.3) is 0 Å². The molecule has 0 bridgehead atoms. The van der Waals surface area contributed by atoms with Crippen LogP contribution in [0.3, 0.4) is 0 Å². The molecular weight excluding hydrogens is 288 g/mol. The van der Waals surface area contributed by atoms with E-state index in [1.165, 1.54) is 0 Å². The third-order valence-electron chi connectivity index (χ3n) is 3.32. The van der Waals surface area contributed by atoms with Gasteiger partial charge in [0.2, 0.25) is 5.91 Å². The number of hydrogen-bond donors (Lipinski definition) is 2. The molecule has 1 aliphatic rings. The van der Waals surface area contributed by atoms with Crippen molar-refractivity contribution < 1.29 is 9.53 Å². The number of halogens is 1. The Hall–Kier alpha value is -1.26. The van der Waals surface area contributed by atoms with E-state index in [1.54, 1.807) is 0 Å². The van der Waals surface area contributed by atoms with E-state index >= 15 is 0 Å². The summed E-state index contributed by atoms with van der Waals surface area (Å²) in [6.07, 6.45) is 1.55. The zero-order valence-electron chi connectivity index (χ0n) is 13.2. The van der Waals surface area contributed by atoms with Gasteiger partial charge in [-0.05, 0) is 52.2 Å². The lowest BCUT2D eigenvalue weighted by Crippen LogP contribution is -2.42. The van der Waals surface area contributed by atoms with Gasteiger partial charge in [0.25, 0.3) is 0 Å². The van der Waals surface area contributed by atoms with Gasteiger partial charge >= 0.3 is 0 Å². The third-order valence-corrected chi connectivity index (χ3v) is 3.32. The second-order valence-electron chi connectivity index (χ2n) is 6.66. The van der Waals surface area contributed by atoms with Gasteiger partial charge in [-0.15, -0.1) is 12.4 Å². The Morgan fingerprint density at radius 2 is 2.00 bits per heavy atom. The Morgan fingerprint density at radius 1 is 1.38 bits per heavy atom. The summed E-state index contributed by atoms with van der Waals surface area (Å²) in [6, 6.07) is 6.02. The average molecular weight is 313 g/mol. The van der Waals surface area contributed by atoms with Gasteiger partial charge in [0.1, 0.15) is 11.4 Å². The number of hydrogen-bond acceptors (Lipinski definition) is 3. The van der Waals surface area contributed by atoms with Crippen LogP contribution < -0.4 is 15.8 Å². The maximum Gasteiger partial charge on any atom is 0.240 e. The molecule has 0 saturated heterocycles. The quantitative estimate of drug-likeness (QED) is 0.898. The first kappa shape index (κ1) is 17.8. The first-order chi connectivity index (χ1) is 9.20. The molecule has 118 valence electrons. The predicted molar refractivity (Wildman–Crippen MR) is 86.8 cm³/mol. The van der Waals surface area contributed by atoms with Crippen LogP contribution in [0.1, 0.15) is 44.7 Å². The highest BCUT2D eigenvalue weighted by molar-refractivity contribution is 5.88. The van der Waals surface area contributed by atoms with Gasteiger partial charge in [0, 0.05) is 12.1 Å². The van der Waals surface area contributed by atoms with Crippen LogP contribution in [0.15, 0.2) is 18.2 Å². The molecule has 0 radical (unpaired) electrons. The molecule has 0 heterocycles. The number of aryl methyl sites for hydroxylation is 1. The lowest BCUT2D eigenvalue weighted by Gasteiger charge is -2.24. The van der Waals surface area contributed by atoms with E-state index in [4.69, 9.17) is 10.5 Å². The molecule has 1 aromatic rings. The maximum absolute atomic E-state index is 11.9. The van der Waals surface area contributed by atoms with Gasteiger partial charge in [-0.2, -0.15) is 0 Å². The topological polar surface area (TPSA) is 64.4 Å². The van der Waals surface area contributed by atoms with Crippen molar-refractivity contribution in [1.82, 2.24) is 5.32 Å². The molecule has 1 aromatic carbocycles. The first-order valence-corrected chi connectivity index (χ1v) is 7.05. The number of amides is 1. The minimum Gasteiger partial charge on any atom is -0.488 e. The van der Waals surface area contributed by atoms with E-state index in [0.717, 1.165) is 29.7 Å². The zero-order chi connectivity index (χ0) is 15.0. The third kappa shape index (κ3) is 4.90. The summed E-state index contributed by atoms with van der Waals surface area (Å²) >= 11 is 0. The van der Waals surface area contributed by atoms with Crippen LogP contribution >= 0.6 is 12.4 Å². The summed E-state index contributed by atoms with van der Waals surface area (Å²) in [7, 11) is 0. The highest BCUT2D eigenvalue weighted by Crippen LogP contribution is 2.32. The second-order valence-corrected chi connectivity index (χ2v) is 6.66. The van der Waals surface area contributed by atoms with Crippen LogP contribution in [0.2, 0.25) is 0 Å². The second kappa shape index (κ2) is 6.24.